The Morgan fingerprint density at radius 3 is 2.24 bits per heavy atom. The van der Waals surface area contributed by atoms with E-state index in [9.17, 15) is 4.79 Å². The number of hydrogen-bond donors (Lipinski definition) is 1. The van der Waals surface area contributed by atoms with E-state index in [2.05, 4.69) is 0 Å². The van der Waals surface area contributed by atoms with Crippen LogP contribution in [0.5, 0.6) is 5.75 Å². The number of ketones is 1. The second-order valence-corrected chi connectivity index (χ2v) is 6.17. The summed E-state index contributed by atoms with van der Waals surface area (Å²) in [4.78, 5) is 11.8. The molecule has 1 aliphatic rings. The monoisotopic (exact) mass is 253 g/mol. The number of hydrogen-bond acceptors (Lipinski definition) is 2. The summed E-state index contributed by atoms with van der Waals surface area (Å²) in [5.74, 6) is 3.59. The number of carbonyl (C=O) groups excluding carboxylic acids is 1. The lowest BCUT2D eigenvalue weighted by Gasteiger charge is -2.01. The lowest BCUT2D eigenvalue weighted by Crippen LogP contribution is -2.17. The third-order valence-corrected chi connectivity index (χ3v) is 5.04. The van der Waals surface area contributed by atoms with Crippen molar-refractivity contribution in [3.8, 4) is 5.75 Å². The van der Waals surface area contributed by atoms with Gasteiger partial charge in [0.25, 0.3) is 0 Å². The summed E-state index contributed by atoms with van der Waals surface area (Å²) in [5.41, 5.74) is 0.729. The largest absolute Gasteiger partial charge is 0.508 e. The van der Waals surface area contributed by atoms with Gasteiger partial charge in [0.2, 0.25) is 5.78 Å². The second kappa shape index (κ2) is 7.38. The van der Waals surface area contributed by atoms with Crippen molar-refractivity contribution in [3.05, 3.63) is 29.8 Å². The number of phenols is 1. The molecule has 0 radical (unpaired) electrons. The summed E-state index contributed by atoms with van der Waals surface area (Å²) in [6.07, 6.45) is 2.57. The van der Waals surface area contributed by atoms with Crippen molar-refractivity contribution in [2.24, 2.45) is 0 Å². The molecule has 3 heteroatoms. The van der Waals surface area contributed by atoms with Crippen molar-refractivity contribution < 1.29 is 9.90 Å². The van der Waals surface area contributed by atoms with Gasteiger partial charge in [0.1, 0.15) is 17.3 Å². The Morgan fingerprint density at radius 2 is 1.71 bits per heavy atom. The molecule has 0 aliphatic carbocycles. The first-order chi connectivity index (χ1) is 8.25. The van der Waals surface area contributed by atoms with Gasteiger partial charge >= 0.3 is 0 Å². The quantitative estimate of drug-likeness (QED) is 0.664. The number of Topliss-reactive ketones (excluding diaryl/α,β-unsaturated/α-hetero) is 1. The highest BCUT2D eigenvalue weighted by atomic mass is 32.2. The fourth-order valence-electron chi connectivity index (χ4n) is 1.77. The van der Waals surface area contributed by atoms with E-state index in [-0.39, 0.29) is 11.5 Å². The van der Waals surface area contributed by atoms with Crippen LogP contribution >= 0.6 is 0 Å². The molecule has 1 aliphatic heterocycles. The molecule has 2 nitrogen and oxygen atoms in total. The van der Waals surface area contributed by atoms with Crippen LogP contribution in [0.15, 0.2) is 24.3 Å². The first-order valence-corrected chi connectivity index (χ1v) is 7.95. The maximum absolute atomic E-state index is 11.8. The molecule has 0 saturated carbocycles. The van der Waals surface area contributed by atoms with Crippen molar-refractivity contribution >= 4 is 16.7 Å². The van der Waals surface area contributed by atoms with Gasteiger partial charge in [0, 0.05) is 5.56 Å². The van der Waals surface area contributed by atoms with Crippen LogP contribution in [-0.4, -0.2) is 28.1 Å². The minimum Gasteiger partial charge on any atom is -0.508 e. The minimum atomic E-state index is 0.217. The van der Waals surface area contributed by atoms with Gasteiger partial charge in [-0.3, -0.25) is 4.79 Å². The third-order valence-electron chi connectivity index (χ3n) is 2.64. The van der Waals surface area contributed by atoms with Crippen LogP contribution in [0.2, 0.25) is 0 Å². The topological polar surface area (TPSA) is 37.3 Å². The minimum absolute atomic E-state index is 0.217. The predicted octanol–water partition coefficient (Wildman–Crippen LogP) is 3.01. The van der Waals surface area contributed by atoms with Gasteiger partial charge in [-0.25, -0.2) is 0 Å². The number of phenolic OH excluding ortho intramolecular Hbond substituents is 1. The molecular formula is C14H21O2S+. The third kappa shape index (κ3) is 4.43. The van der Waals surface area contributed by atoms with Crippen molar-refractivity contribution in [2.75, 3.05) is 17.3 Å². The maximum atomic E-state index is 11.8. The van der Waals surface area contributed by atoms with Crippen LogP contribution in [0.4, 0.5) is 0 Å². The van der Waals surface area contributed by atoms with E-state index in [0.717, 1.165) is 5.56 Å². The predicted molar refractivity (Wildman–Crippen MR) is 75.0 cm³/mol. The highest BCUT2D eigenvalue weighted by Gasteiger charge is 2.27. The van der Waals surface area contributed by atoms with Crippen LogP contribution in [0.1, 0.15) is 37.0 Å². The zero-order valence-electron chi connectivity index (χ0n) is 10.6. The van der Waals surface area contributed by atoms with Gasteiger partial charge in [-0.2, -0.15) is 0 Å². The summed E-state index contributed by atoms with van der Waals surface area (Å²) < 4.78 is 0. The van der Waals surface area contributed by atoms with Crippen LogP contribution in [0, 0.1) is 0 Å². The highest BCUT2D eigenvalue weighted by Crippen LogP contribution is 2.16. The summed E-state index contributed by atoms with van der Waals surface area (Å²) >= 11 is 0. The van der Waals surface area contributed by atoms with Gasteiger partial charge in [0.05, 0.1) is 0 Å². The summed E-state index contributed by atoms with van der Waals surface area (Å²) in [6.45, 7) is 4.00. The summed E-state index contributed by atoms with van der Waals surface area (Å²) in [5, 5.41) is 9.11. The summed E-state index contributed by atoms with van der Waals surface area (Å²) in [7, 11) is 0.325. The van der Waals surface area contributed by atoms with E-state index in [4.69, 9.17) is 5.11 Å². The molecule has 1 fully saturated rings. The molecule has 1 aromatic rings. The Morgan fingerprint density at radius 1 is 1.18 bits per heavy atom. The average molecular weight is 253 g/mol. The standard InChI is InChI=1S/C12H14O2S.C2H6/c13-11-5-3-10(4-6-11)12(14)9-15-7-1-2-8-15;1-2/h3-6H,1-2,7-9H2;1-2H3/p+1. The molecule has 1 N–H and O–H groups in total. The Balaban J connectivity index is 0.000000686. The van der Waals surface area contributed by atoms with Gasteiger partial charge in [-0.05, 0) is 48.0 Å². The van der Waals surface area contributed by atoms with E-state index >= 15 is 0 Å². The molecule has 0 atom stereocenters. The van der Waals surface area contributed by atoms with Crippen LogP contribution < -0.4 is 0 Å². The average Bonchev–Trinajstić information content (AvgIpc) is 2.85. The Hall–Kier alpha value is -0.960. The lowest BCUT2D eigenvalue weighted by molar-refractivity contribution is 0.102. The molecule has 94 valence electrons. The zero-order valence-corrected chi connectivity index (χ0v) is 11.4. The molecular weight excluding hydrogens is 232 g/mol. The van der Waals surface area contributed by atoms with Crippen molar-refractivity contribution in [1.82, 2.24) is 0 Å². The van der Waals surface area contributed by atoms with E-state index < -0.39 is 0 Å². The molecule has 17 heavy (non-hydrogen) atoms. The number of carbonyl (C=O) groups is 1. The van der Waals surface area contributed by atoms with Gasteiger partial charge in [-0.15, -0.1) is 0 Å². The molecule has 1 aromatic carbocycles. The lowest BCUT2D eigenvalue weighted by atomic mass is 10.1. The second-order valence-electron chi connectivity index (χ2n) is 3.84. The molecule has 1 heterocycles. The van der Waals surface area contributed by atoms with Gasteiger partial charge in [-0.1, -0.05) is 13.8 Å². The molecule has 1 saturated heterocycles. The first-order valence-electron chi connectivity index (χ1n) is 6.22. The van der Waals surface area contributed by atoms with Crippen LogP contribution in [0.25, 0.3) is 0 Å². The molecule has 0 aromatic heterocycles. The van der Waals surface area contributed by atoms with Gasteiger partial charge < -0.3 is 5.11 Å². The van der Waals surface area contributed by atoms with E-state index in [1.165, 1.54) is 24.3 Å². The Labute approximate surface area is 106 Å². The summed E-state index contributed by atoms with van der Waals surface area (Å²) in [6, 6.07) is 6.56. The number of benzene rings is 1. The van der Waals surface area contributed by atoms with E-state index in [0.29, 0.717) is 16.6 Å². The molecule has 0 amide bonds. The molecule has 0 bridgehead atoms. The number of rotatable bonds is 3. The fraction of sp³-hybridized carbons (Fsp3) is 0.500. The smallest absolute Gasteiger partial charge is 0.211 e. The van der Waals surface area contributed by atoms with Crippen molar-refractivity contribution in [1.29, 1.82) is 0 Å². The van der Waals surface area contributed by atoms with Crippen molar-refractivity contribution in [3.63, 3.8) is 0 Å². The molecule has 2 rings (SSSR count). The van der Waals surface area contributed by atoms with Gasteiger partial charge in [0.15, 0.2) is 5.75 Å². The Bertz CT molecular complexity index is 340. The van der Waals surface area contributed by atoms with Crippen molar-refractivity contribution in [2.45, 2.75) is 26.7 Å². The zero-order chi connectivity index (χ0) is 12.7. The highest BCUT2D eigenvalue weighted by molar-refractivity contribution is 7.97. The SMILES string of the molecule is CC.O=C(C[S+]1CCCC1)c1ccc(O)cc1. The molecule has 0 spiro atoms. The van der Waals surface area contributed by atoms with E-state index in [1.54, 1.807) is 24.3 Å². The van der Waals surface area contributed by atoms with E-state index in [1.807, 2.05) is 13.8 Å². The molecule has 0 unspecified atom stereocenters. The Kier molecular flexibility index (Phi) is 6.12. The normalized spacial score (nSPS) is 15.2. The van der Waals surface area contributed by atoms with Crippen LogP contribution in [-0.2, 0) is 10.9 Å². The number of aromatic hydroxyl groups is 1. The van der Waals surface area contributed by atoms with Crippen LogP contribution in [0.3, 0.4) is 0 Å². The maximum Gasteiger partial charge on any atom is 0.211 e. The first kappa shape index (κ1) is 14.1. The fourth-order valence-corrected chi connectivity index (χ4v) is 4.03.